The van der Waals surface area contributed by atoms with Gasteiger partial charge in [0, 0.05) is 12.6 Å². The molecule has 9 heavy (non-hydrogen) atoms. The summed E-state index contributed by atoms with van der Waals surface area (Å²) in [5.41, 5.74) is -0.204. The smallest absolute Gasteiger partial charge is 0.105 e. The van der Waals surface area contributed by atoms with E-state index < -0.39 is 0 Å². The zero-order chi connectivity index (χ0) is 6.32. The van der Waals surface area contributed by atoms with Crippen LogP contribution in [0, 0.1) is 0 Å². The highest BCUT2D eigenvalue weighted by molar-refractivity contribution is 5.00. The Labute approximate surface area is 54.0 Å². The lowest BCUT2D eigenvalue weighted by Gasteiger charge is -2.23. The van der Waals surface area contributed by atoms with Crippen molar-refractivity contribution in [2.24, 2.45) is 0 Å². The molecule has 0 amide bonds. The first-order valence-electron chi connectivity index (χ1n) is 3.33. The Morgan fingerprint density at radius 2 is 2.67 bits per heavy atom. The van der Waals surface area contributed by atoms with Crippen LogP contribution < -0.4 is 5.32 Å². The Hall–Kier alpha value is -0.120. The van der Waals surface area contributed by atoms with Gasteiger partial charge in [0.25, 0.3) is 0 Å². The van der Waals surface area contributed by atoms with E-state index >= 15 is 0 Å². The van der Waals surface area contributed by atoms with Crippen LogP contribution in [-0.2, 0) is 4.74 Å². The van der Waals surface area contributed by atoms with E-state index in [1.54, 1.807) is 0 Å². The minimum absolute atomic E-state index is 0.163. The molecular weight excluding hydrogens is 118 g/mol. The van der Waals surface area contributed by atoms with E-state index in [0.29, 0.717) is 6.04 Å². The molecule has 3 heteroatoms. The maximum Gasteiger partial charge on any atom is 0.105 e. The standard InChI is InChI=1S/C6H11NO2/c8-4-6-1-5(2-9-6)7-3-6/h5,7-8H,1-4H2/t5?,6-/m0/s1. The van der Waals surface area contributed by atoms with Crippen molar-refractivity contribution in [1.82, 2.24) is 5.32 Å². The Bertz CT molecular complexity index is 118. The predicted octanol–water partition coefficient (Wildman–Crippen LogP) is -0.890. The first-order valence-corrected chi connectivity index (χ1v) is 3.33. The first kappa shape index (κ1) is 5.65. The molecule has 0 radical (unpaired) electrons. The molecule has 3 nitrogen and oxygen atoms in total. The van der Waals surface area contributed by atoms with Crippen LogP contribution in [-0.4, -0.2) is 36.5 Å². The van der Waals surface area contributed by atoms with Crippen molar-refractivity contribution < 1.29 is 9.84 Å². The number of rotatable bonds is 1. The largest absolute Gasteiger partial charge is 0.393 e. The molecule has 2 aliphatic heterocycles. The van der Waals surface area contributed by atoms with Gasteiger partial charge in [-0.3, -0.25) is 0 Å². The molecule has 0 aromatic heterocycles. The third-order valence-electron chi connectivity index (χ3n) is 2.21. The molecule has 0 spiro atoms. The van der Waals surface area contributed by atoms with E-state index in [4.69, 9.17) is 9.84 Å². The number of aliphatic hydroxyl groups excluding tert-OH is 1. The summed E-state index contributed by atoms with van der Waals surface area (Å²) in [7, 11) is 0. The van der Waals surface area contributed by atoms with Crippen LogP contribution in [0.3, 0.4) is 0 Å². The second-order valence-corrected chi connectivity index (χ2v) is 2.93. The summed E-state index contributed by atoms with van der Waals surface area (Å²) in [6.45, 7) is 1.77. The number of hydrogen-bond acceptors (Lipinski definition) is 3. The fourth-order valence-electron chi connectivity index (χ4n) is 1.60. The van der Waals surface area contributed by atoms with Gasteiger partial charge in [-0.15, -0.1) is 0 Å². The second-order valence-electron chi connectivity index (χ2n) is 2.93. The topological polar surface area (TPSA) is 41.5 Å². The van der Waals surface area contributed by atoms with Gasteiger partial charge in [-0.05, 0) is 6.42 Å². The Morgan fingerprint density at radius 1 is 1.78 bits per heavy atom. The van der Waals surface area contributed by atoms with Crippen molar-refractivity contribution in [3.63, 3.8) is 0 Å². The fraction of sp³-hybridized carbons (Fsp3) is 1.00. The molecule has 2 N–H and O–H groups in total. The summed E-state index contributed by atoms with van der Waals surface area (Å²) in [5.74, 6) is 0. The van der Waals surface area contributed by atoms with Crippen molar-refractivity contribution in [2.75, 3.05) is 19.8 Å². The van der Waals surface area contributed by atoms with Crippen molar-refractivity contribution in [3.05, 3.63) is 0 Å². The molecule has 2 fully saturated rings. The van der Waals surface area contributed by atoms with Crippen LogP contribution in [0.5, 0.6) is 0 Å². The minimum atomic E-state index is -0.204. The highest BCUT2D eigenvalue weighted by atomic mass is 16.5. The summed E-state index contributed by atoms with van der Waals surface area (Å²) in [5, 5.41) is 12.1. The van der Waals surface area contributed by atoms with Gasteiger partial charge in [-0.2, -0.15) is 0 Å². The SMILES string of the molecule is OC[C@]12CNC(CO1)C2. The summed E-state index contributed by atoms with van der Waals surface area (Å²) < 4.78 is 5.38. The maximum absolute atomic E-state index is 8.88. The monoisotopic (exact) mass is 129 g/mol. The lowest BCUT2D eigenvalue weighted by atomic mass is 10.1. The molecule has 0 aromatic rings. The molecule has 2 aliphatic rings. The quantitative estimate of drug-likeness (QED) is 0.482. The molecule has 52 valence electrons. The molecule has 2 saturated heterocycles. The van der Waals surface area contributed by atoms with E-state index in [9.17, 15) is 0 Å². The van der Waals surface area contributed by atoms with Crippen molar-refractivity contribution in [3.8, 4) is 0 Å². The molecule has 1 unspecified atom stereocenters. The van der Waals surface area contributed by atoms with Crippen LogP contribution in [0.25, 0.3) is 0 Å². The van der Waals surface area contributed by atoms with Gasteiger partial charge >= 0.3 is 0 Å². The summed E-state index contributed by atoms with van der Waals surface area (Å²) in [6.07, 6.45) is 0.990. The lowest BCUT2D eigenvalue weighted by Crippen LogP contribution is -2.41. The van der Waals surface area contributed by atoms with Crippen molar-refractivity contribution in [1.29, 1.82) is 0 Å². The highest BCUT2D eigenvalue weighted by Crippen LogP contribution is 2.30. The molecule has 0 saturated carbocycles. The van der Waals surface area contributed by atoms with Crippen LogP contribution in [0.4, 0.5) is 0 Å². The predicted molar refractivity (Wildman–Crippen MR) is 32.2 cm³/mol. The zero-order valence-corrected chi connectivity index (χ0v) is 5.26. The molecule has 2 atom stereocenters. The van der Waals surface area contributed by atoms with E-state index in [2.05, 4.69) is 5.32 Å². The zero-order valence-electron chi connectivity index (χ0n) is 5.26. The van der Waals surface area contributed by atoms with E-state index in [1.165, 1.54) is 0 Å². The second kappa shape index (κ2) is 1.68. The van der Waals surface area contributed by atoms with Gasteiger partial charge in [-0.25, -0.2) is 0 Å². The summed E-state index contributed by atoms with van der Waals surface area (Å²) in [6, 6.07) is 0.511. The molecule has 2 heterocycles. The fourth-order valence-corrected chi connectivity index (χ4v) is 1.60. The van der Waals surface area contributed by atoms with E-state index in [1.807, 2.05) is 0 Å². The van der Waals surface area contributed by atoms with Crippen molar-refractivity contribution >= 4 is 0 Å². The summed E-state index contributed by atoms with van der Waals surface area (Å²) >= 11 is 0. The van der Waals surface area contributed by atoms with Gasteiger partial charge in [0.15, 0.2) is 0 Å². The van der Waals surface area contributed by atoms with Gasteiger partial charge in [0.05, 0.1) is 13.2 Å². The van der Waals surface area contributed by atoms with Gasteiger partial charge < -0.3 is 15.2 Å². The van der Waals surface area contributed by atoms with Gasteiger partial charge in [0.1, 0.15) is 5.60 Å². The molecule has 0 aliphatic carbocycles. The third kappa shape index (κ3) is 0.689. The van der Waals surface area contributed by atoms with Crippen LogP contribution in [0.15, 0.2) is 0 Å². The van der Waals surface area contributed by atoms with Gasteiger partial charge in [-0.1, -0.05) is 0 Å². The van der Waals surface area contributed by atoms with Crippen LogP contribution in [0.1, 0.15) is 6.42 Å². The lowest BCUT2D eigenvalue weighted by molar-refractivity contribution is -0.0432. The summed E-state index contributed by atoms with van der Waals surface area (Å²) in [4.78, 5) is 0. The highest BCUT2D eigenvalue weighted by Gasteiger charge is 2.45. The van der Waals surface area contributed by atoms with E-state index in [0.717, 1.165) is 19.6 Å². The number of fused-ring (bicyclic) bond motifs is 2. The number of nitrogens with one attached hydrogen (secondary N) is 1. The molecule has 0 aromatic carbocycles. The van der Waals surface area contributed by atoms with Gasteiger partial charge in [0.2, 0.25) is 0 Å². The van der Waals surface area contributed by atoms with Crippen molar-refractivity contribution in [2.45, 2.75) is 18.1 Å². The normalized spacial score (nSPS) is 48.3. The third-order valence-corrected chi connectivity index (χ3v) is 2.21. The Kier molecular flexibility index (Phi) is 1.06. The number of aliphatic hydroxyl groups is 1. The molecular formula is C6H11NO2. The van der Waals surface area contributed by atoms with Crippen LogP contribution in [0.2, 0.25) is 0 Å². The molecule has 2 rings (SSSR count). The molecule has 2 bridgehead atoms. The minimum Gasteiger partial charge on any atom is -0.393 e. The van der Waals surface area contributed by atoms with E-state index in [-0.39, 0.29) is 12.2 Å². The average Bonchev–Trinajstić information content (AvgIpc) is 2.46. The maximum atomic E-state index is 8.88. The Balaban J connectivity index is 2.13. The van der Waals surface area contributed by atoms with Crippen LogP contribution >= 0.6 is 0 Å². The average molecular weight is 129 g/mol. The first-order chi connectivity index (χ1) is 4.35. The number of ether oxygens (including phenoxy) is 1. The Morgan fingerprint density at radius 3 is 2.89 bits per heavy atom. The number of morpholine rings is 1. The number of hydrogen-bond donors (Lipinski definition) is 2.